The average Bonchev–Trinajstić information content (AvgIpc) is 2.41. The van der Waals surface area contributed by atoms with Gasteiger partial charge in [0.05, 0.1) is 6.42 Å². The van der Waals surface area contributed by atoms with E-state index in [0.717, 1.165) is 19.3 Å². The Hall–Kier alpha value is -1.62. The van der Waals surface area contributed by atoms with E-state index >= 15 is 0 Å². The lowest BCUT2D eigenvalue weighted by Crippen LogP contribution is -2.26. The molecule has 0 bridgehead atoms. The first kappa shape index (κ1) is 17.4. The molecule has 0 radical (unpaired) electrons. The van der Waals surface area contributed by atoms with Gasteiger partial charge in [0.1, 0.15) is 5.82 Å². The van der Waals surface area contributed by atoms with Crippen LogP contribution in [-0.4, -0.2) is 23.5 Å². The van der Waals surface area contributed by atoms with Gasteiger partial charge >= 0.3 is 5.97 Å². The number of benzene rings is 1. The summed E-state index contributed by atoms with van der Waals surface area (Å²) in [6, 6.07) is 4.32. The van der Waals surface area contributed by atoms with Crippen molar-refractivity contribution in [3.63, 3.8) is 0 Å². The fourth-order valence-electron chi connectivity index (χ4n) is 1.91. The molecule has 1 amide bonds. The number of aliphatic carboxylic acids is 1. The average molecular weight is 316 g/mol. The Morgan fingerprint density at radius 3 is 2.57 bits per heavy atom. The lowest BCUT2D eigenvalue weighted by atomic mass is 10.1. The predicted molar refractivity (Wildman–Crippen MR) is 78.8 cm³/mol. The summed E-state index contributed by atoms with van der Waals surface area (Å²) in [7, 11) is 0. The molecule has 0 atom stereocenters. The van der Waals surface area contributed by atoms with E-state index in [9.17, 15) is 14.0 Å². The molecule has 0 saturated heterocycles. The van der Waals surface area contributed by atoms with Gasteiger partial charge in [0, 0.05) is 23.6 Å². The van der Waals surface area contributed by atoms with Gasteiger partial charge in [-0.1, -0.05) is 30.5 Å². The monoisotopic (exact) mass is 315 g/mol. The number of rotatable bonds is 9. The maximum atomic E-state index is 13.5. The summed E-state index contributed by atoms with van der Waals surface area (Å²) in [5, 5.41) is 11.4. The molecule has 0 aliphatic heterocycles. The summed E-state index contributed by atoms with van der Waals surface area (Å²) in [4.78, 5) is 22.0. The first-order chi connectivity index (χ1) is 10.0. The van der Waals surface area contributed by atoms with Crippen LogP contribution in [-0.2, 0) is 16.0 Å². The van der Waals surface area contributed by atoms with Crippen molar-refractivity contribution in [3.8, 4) is 0 Å². The van der Waals surface area contributed by atoms with E-state index in [1.807, 2.05) is 0 Å². The second-order valence-corrected chi connectivity index (χ2v) is 5.19. The van der Waals surface area contributed by atoms with Crippen molar-refractivity contribution in [2.75, 3.05) is 6.54 Å². The lowest BCUT2D eigenvalue weighted by molar-refractivity contribution is -0.137. The van der Waals surface area contributed by atoms with E-state index in [0.29, 0.717) is 13.0 Å². The SMILES string of the molecule is O=C(O)CCCCCCNC(=O)Cc1c(F)cccc1Cl. The molecule has 2 N–H and O–H groups in total. The highest BCUT2D eigenvalue weighted by molar-refractivity contribution is 6.31. The van der Waals surface area contributed by atoms with Gasteiger partial charge in [-0.25, -0.2) is 4.39 Å². The van der Waals surface area contributed by atoms with Crippen molar-refractivity contribution in [2.45, 2.75) is 38.5 Å². The molecule has 116 valence electrons. The van der Waals surface area contributed by atoms with Crippen LogP contribution >= 0.6 is 11.6 Å². The molecule has 0 saturated carbocycles. The van der Waals surface area contributed by atoms with Gasteiger partial charge in [-0.3, -0.25) is 9.59 Å². The molecule has 21 heavy (non-hydrogen) atoms. The number of amides is 1. The van der Waals surface area contributed by atoms with Gasteiger partial charge in [-0.2, -0.15) is 0 Å². The van der Waals surface area contributed by atoms with Crippen LogP contribution in [0.4, 0.5) is 4.39 Å². The zero-order valence-corrected chi connectivity index (χ0v) is 12.5. The van der Waals surface area contributed by atoms with Gasteiger partial charge in [0.2, 0.25) is 5.91 Å². The Kier molecular flexibility index (Phi) is 7.75. The zero-order valence-electron chi connectivity index (χ0n) is 11.7. The molecule has 0 heterocycles. The molecule has 0 aliphatic rings. The van der Waals surface area contributed by atoms with Crippen LogP contribution < -0.4 is 5.32 Å². The number of nitrogens with one attached hydrogen (secondary N) is 1. The van der Waals surface area contributed by atoms with E-state index in [4.69, 9.17) is 16.7 Å². The molecular weight excluding hydrogens is 297 g/mol. The quantitative estimate of drug-likeness (QED) is 0.688. The van der Waals surface area contributed by atoms with Crippen molar-refractivity contribution in [2.24, 2.45) is 0 Å². The third-order valence-electron chi connectivity index (χ3n) is 3.04. The van der Waals surface area contributed by atoms with Crippen LogP contribution in [0.5, 0.6) is 0 Å². The van der Waals surface area contributed by atoms with Crippen molar-refractivity contribution >= 4 is 23.5 Å². The van der Waals surface area contributed by atoms with Crippen LogP contribution in [0.3, 0.4) is 0 Å². The molecule has 1 aromatic carbocycles. The Morgan fingerprint density at radius 2 is 1.90 bits per heavy atom. The normalized spacial score (nSPS) is 10.4. The highest BCUT2D eigenvalue weighted by Crippen LogP contribution is 2.19. The first-order valence-corrected chi connectivity index (χ1v) is 7.30. The molecule has 0 spiro atoms. The van der Waals surface area contributed by atoms with Crippen LogP contribution in [0.2, 0.25) is 5.02 Å². The van der Waals surface area contributed by atoms with Gasteiger partial charge in [0.25, 0.3) is 0 Å². The number of unbranched alkanes of at least 4 members (excludes halogenated alkanes) is 3. The predicted octanol–water partition coefficient (Wildman–Crippen LogP) is 3.17. The number of hydrogen-bond acceptors (Lipinski definition) is 2. The number of carboxylic acids is 1. The van der Waals surface area contributed by atoms with E-state index in [2.05, 4.69) is 5.32 Å². The van der Waals surface area contributed by atoms with Crippen molar-refractivity contribution < 1.29 is 19.1 Å². The minimum absolute atomic E-state index is 0.0788. The van der Waals surface area contributed by atoms with Gasteiger partial charge < -0.3 is 10.4 Å². The van der Waals surface area contributed by atoms with Crippen LogP contribution in [0.15, 0.2) is 18.2 Å². The number of halogens is 2. The zero-order chi connectivity index (χ0) is 15.7. The minimum Gasteiger partial charge on any atom is -0.481 e. The largest absolute Gasteiger partial charge is 0.481 e. The van der Waals surface area contributed by atoms with Crippen molar-refractivity contribution in [1.82, 2.24) is 5.32 Å². The summed E-state index contributed by atoms with van der Waals surface area (Å²) in [6.07, 6.45) is 3.20. The third kappa shape index (κ3) is 7.09. The van der Waals surface area contributed by atoms with Crippen molar-refractivity contribution in [3.05, 3.63) is 34.6 Å². The molecule has 4 nitrogen and oxygen atoms in total. The fourth-order valence-corrected chi connectivity index (χ4v) is 2.14. The van der Waals surface area contributed by atoms with Crippen LogP contribution in [0.1, 0.15) is 37.7 Å². The second kappa shape index (κ2) is 9.34. The van der Waals surface area contributed by atoms with Crippen LogP contribution in [0.25, 0.3) is 0 Å². The fraction of sp³-hybridized carbons (Fsp3) is 0.467. The lowest BCUT2D eigenvalue weighted by Gasteiger charge is -2.07. The summed E-state index contributed by atoms with van der Waals surface area (Å²) in [5.74, 6) is -1.54. The van der Waals surface area contributed by atoms with E-state index in [1.165, 1.54) is 12.1 Å². The van der Waals surface area contributed by atoms with Crippen LogP contribution in [0, 0.1) is 5.82 Å². The molecular formula is C15H19ClFNO3. The molecule has 0 fully saturated rings. The molecule has 6 heteroatoms. The van der Waals surface area contributed by atoms with Gasteiger partial charge in [0.15, 0.2) is 0 Å². The number of carbonyl (C=O) groups excluding carboxylic acids is 1. The number of carbonyl (C=O) groups is 2. The summed E-state index contributed by atoms with van der Waals surface area (Å²) in [6.45, 7) is 0.498. The van der Waals surface area contributed by atoms with Crippen molar-refractivity contribution in [1.29, 1.82) is 0 Å². The molecule has 0 aromatic heterocycles. The minimum atomic E-state index is -0.787. The summed E-state index contributed by atoms with van der Waals surface area (Å²) >= 11 is 5.85. The molecule has 0 unspecified atom stereocenters. The molecule has 1 aromatic rings. The Morgan fingerprint density at radius 1 is 1.19 bits per heavy atom. The smallest absolute Gasteiger partial charge is 0.303 e. The first-order valence-electron chi connectivity index (χ1n) is 6.92. The van der Waals surface area contributed by atoms with E-state index in [1.54, 1.807) is 6.07 Å². The van der Waals surface area contributed by atoms with Gasteiger partial charge in [-0.15, -0.1) is 0 Å². The second-order valence-electron chi connectivity index (χ2n) is 4.78. The Balaban J connectivity index is 2.19. The topological polar surface area (TPSA) is 66.4 Å². The summed E-state index contributed by atoms with van der Waals surface area (Å²) < 4.78 is 13.5. The molecule has 1 rings (SSSR count). The third-order valence-corrected chi connectivity index (χ3v) is 3.39. The van der Waals surface area contributed by atoms with E-state index < -0.39 is 11.8 Å². The highest BCUT2D eigenvalue weighted by Gasteiger charge is 2.11. The number of hydrogen-bond donors (Lipinski definition) is 2. The Labute approximate surface area is 128 Å². The van der Waals surface area contributed by atoms with E-state index in [-0.39, 0.29) is 29.3 Å². The summed E-state index contributed by atoms with van der Waals surface area (Å²) in [5.41, 5.74) is 0.207. The number of carboxylic acid groups (broad SMARTS) is 1. The standard InChI is InChI=1S/C15H19ClFNO3/c16-12-6-5-7-13(17)11(12)10-14(19)18-9-4-2-1-3-8-15(20)21/h5-7H,1-4,8-10H2,(H,18,19)(H,20,21). The van der Waals surface area contributed by atoms with Gasteiger partial charge in [-0.05, 0) is 25.0 Å². The maximum Gasteiger partial charge on any atom is 0.303 e. The maximum absolute atomic E-state index is 13.5. The Bertz CT molecular complexity index is 474. The highest BCUT2D eigenvalue weighted by atomic mass is 35.5. The molecule has 0 aliphatic carbocycles.